The third-order valence-electron chi connectivity index (χ3n) is 3.74. The van der Waals surface area contributed by atoms with Gasteiger partial charge in [-0.05, 0) is 25.0 Å². The Labute approximate surface area is 140 Å². The summed E-state index contributed by atoms with van der Waals surface area (Å²) in [6, 6.07) is 7.02. The summed E-state index contributed by atoms with van der Waals surface area (Å²) in [6.45, 7) is 2.36. The number of amides is 2. The first-order chi connectivity index (χ1) is 11.5. The van der Waals surface area contributed by atoms with Gasteiger partial charge in [-0.1, -0.05) is 13.0 Å². The lowest BCUT2D eigenvalue weighted by Gasteiger charge is -2.20. The second kappa shape index (κ2) is 8.33. The molecule has 1 aliphatic heterocycles. The van der Waals surface area contributed by atoms with Gasteiger partial charge in [0.2, 0.25) is 5.91 Å². The normalized spacial score (nSPS) is 13.9. The van der Waals surface area contributed by atoms with Gasteiger partial charge in [0.15, 0.2) is 6.61 Å². The van der Waals surface area contributed by atoms with Crippen LogP contribution in [0.1, 0.15) is 26.2 Å². The molecule has 0 aliphatic carbocycles. The van der Waals surface area contributed by atoms with Crippen LogP contribution in [0.4, 0.5) is 5.69 Å². The zero-order valence-electron chi connectivity index (χ0n) is 13.7. The molecule has 0 unspecified atom stereocenters. The van der Waals surface area contributed by atoms with Crippen LogP contribution in [-0.4, -0.2) is 54.0 Å². The SMILES string of the molecule is CCCN(CC(=O)O)C(=O)COc1cccc(N2CCCC2=O)c1. The molecule has 0 saturated carbocycles. The van der Waals surface area contributed by atoms with E-state index >= 15 is 0 Å². The van der Waals surface area contributed by atoms with Crippen molar-refractivity contribution >= 4 is 23.5 Å². The Hall–Kier alpha value is -2.57. The number of hydrogen-bond donors (Lipinski definition) is 1. The average molecular weight is 334 g/mol. The minimum absolute atomic E-state index is 0.0822. The van der Waals surface area contributed by atoms with Crippen LogP contribution in [0.2, 0.25) is 0 Å². The molecule has 1 N–H and O–H groups in total. The molecule has 7 heteroatoms. The van der Waals surface area contributed by atoms with Crippen LogP contribution >= 0.6 is 0 Å². The molecule has 1 fully saturated rings. The van der Waals surface area contributed by atoms with Gasteiger partial charge >= 0.3 is 5.97 Å². The monoisotopic (exact) mass is 334 g/mol. The molecule has 2 rings (SSSR count). The highest BCUT2D eigenvalue weighted by molar-refractivity contribution is 5.95. The second-order valence-corrected chi connectivity index (χ2v) is 5.64. The molecule has 7 nitrogen and oxygen atoms in total. The Kier molecular flexibility index (Phi) is 6.17. The number of carbonyl (C=O) groups excluding carboxylic acids is 2. The molecule has 130 valence electrons. The number of carbonyl (C=O) groups is 3. The Morgan fingerprint density at radius 1 is 1.38 bits per heavy atom. The summed E-state index contributed by atoms with van der Waals surface area (Å²) in [5, 5.41) is 8.86. The Balaban J connectivity index is 1.96. The van der Waals surface area contributed by atoms with Crippen LogP contribution in [0.15, 0.2) is 24.3 Å². The van der Waals surface area contributed by atoms with Crippen LogP contribution in [0.3, 0.4) is 0 Å². The molecule has 24 heavy (non-hydrogen) atoms. The summed E-state index contributed by atoms with van der Waals surface area (Å²) in [6.07, 6.45) is 2.06. The third kappa shape index (κ3) is 4.71. The van der Waals surface area contributed by atoms with Gasteiger partial charge in [0.05, 0.1) is 0 Å². The number of benzene rings is 1. The quantitative estimate of drug-likeness (QED) is 0.779. The molecule has 1 aromatic carbocycles. The van der Waals surface area contributed by atoms with Crippen molar-refractivity contribution in [3.63, 3.8) is 0 Å². The molecule has 0 atom stereocenters. The van der Waals surface area contributed by atoms with Gasteiger partial charge in [-0.25, -0.2) is 0 Å². The second-order valence-electron chi connectivity index (χ2n) is 5.64. The number of ether oxygens (including phenoxy) is 1. The van der Waals surface area contributed by atoms with Gasteiger partial charge in [0.25, 0.3) is 5.91 Å². The third-order valence-corrected chi connectivity index (χ3v) is 3.74. The summed E-state index contributed by atoms with van der Waals surface area (Å²) in [4.78, 5) is 37.7. The van der Waals surface area contributed by atoms with Gasteiger partial charge in [0, 0.05) is 31.3 Å². The molecule has 1 aliphatic rings. The molecular weight excluding hydrogens is 312 g/mol. The van der Waals surface area contributed by atoms with Crippen LogP contribution < -0.4 is 9.64 Å². The molecule has 1 heterocycles. The van der Waals surface area contributed by atoms with E-state index in [9.17, 15) is 14.4 Å². The fraction of sp³-hybridized carbons (Fsp3) is 0.471. The predicted octanol–water partition coefficient (Wildman–Crippen LogP) is 1.52. The highest BCUT2D eigenvalue weighted by Crippen LogP contribution is 2.25. The number of carboxylic acids is 1. The van der Waals surface area contributed by atoms with Crippen molar-refractivity contribution in [2.24, 2.45) is 0 Å². The Morgan fingerprint density at radius 2 is 2.17 bits per heavy atom. The molecule has 1 saturated heterocycles. The van der Waals surface area contributed by atoms with Crippen LogP contribution in [0.25, 0.3) is 0 Å². The van der Waals surface area contributed by atoms with Crippen LogP contribution in [0, 0.1) is 0 Å². The number of nitrogens with zero attached hydrogens (tertiary/aromatic N) is 2. The zero-order valence-corrected chi connectivity index (χ0v) is 13.7. The fourth-order valence-electron chi connectivity index (χ4n) is 2.62. The molecular formula is C17H22N2O5. The van der Waals surface area contributed by atoms with Gasteiger partial charge in [-0.2, -0.15) is 0 Å². The topological polar surface area (TPSA) is 87.2 Å². The first-order valence-corrected chi connectivity index (χ1v) is 8.04. The van der Waals surface area contributed by atoms with E-state index in [-0.39, 0.29) is 25.0 Å². The molecule has 1 aromatic rings. The maximum Gasteiger partial charge on any atom is 0.323 e. The standard InChI is InChI=1S/C17H22N2O5/c1-2-8-18(11-17(22)23)16(21)12-24-14-6-3-5-13(10-14)19-9-4-7-15(19)20/h3,5-6,10H,2,4,7-9,11-12H2,1H3,(H,22,23). The van der Waals surface area contributed by atoms with Gasteiger partial charge in [0.1, 0.15) is 12.3 Å². The summed E-state index contributed by atoms with van der Waals surface area (Å²) >= 11 is 0. The lowest BCUT2D eigenvalue weighted by molar-refractivity contribution is -0.145. The zero-order chi connectivity index (χ0) is 17.5. The number of aliphatic carboxylic acids is 1. The summed E-state index contributed by atoms with van der Waals surface area (Å²) in [5.41, 5.74) is 0.749. The van der Waals surface area contributed by atoms with E-state index < -0.39 is 5.97 Å². The summed E-state index contributed by atoms with van der Waals surface area (Å²) in [7, 11) is 0. The van der Waals surface area contributed by atoms with E-state index in [1.807, 2.05) is 13.0 Å². The van der Waals surface area contributed by atoms with E-state index in [0.29, 0.717) is 31.7 Å². The Morgan fingerprint density at radius 3 is 2.79 bits per heavy atom. The summed E-state index contributed by atoms with van der Waals surface area (Å²) in [5.74, 6) is -0.862. The van der Waals surface area contributed by atoms with Gasteiger partial charge in [-0.15, -0.1) is 0 Å². The number of anilines is 1. The molecule has 0 spiro atoms. The highest BCUT2D eigenvalue weighted by Gasteiger charge is 2.22. The fourth-order valence-corrected chi connectivity index (χ4v) is 2.62. The maximum atomic E-state index is 12.1. The molecule has 2 amide bonds. The van der Waals surface area contributed by atoms with E-state index in [2.05, 4.69) is 0 Å². The van der Waals surface area contributed by atoms with Crippen molar-refractivity contribution in [2.75, 3.05) is 31.1 Å². The Bertz CT molecular complexity index is 617. The van der Waals surface area contributed by atoms with Crippen molar-refractivity contribution in [2.45, 2.75) is 26.2 Å². The van der Waals surface area contributed by atoms with E-state index in [1.54, 1.807) is 23.1 Å². The van der Waals surface area contributed by atoms with Crippen molar-refractivity contribution in [1.82, 2.24) is 4.90 Å². The van der Waals surface area contributed by atoms with Crippen molar-refractivity contribution in [3.05, 3.63) is 24.3 Å². The van der Waals surface area contributed by atoms with Crippen molar-refractivity contribution in [1.29, 1.82) is 0 Å². The van der Waals surface area contributed by atoms with E-state index in [1.165, 1.54) is 4.90 Å². The maximum absolute atomic E-state index is 12.1. The largest absolute Gasteiger partial charge is 0.484 e. The van der Waals surface area contributed by atoms with Crippen molar-refractivity contribution < 1.29 is 24.2 Å². The lowest BCUT2D eigenvalue weighted by atomic mass is 10.3. The number of hydrogen-bond acceptors (Lipinski definition) is 4. The molecule has 0 aromatic heterocycles. The highest BCUT2D eigenvalue weighted by atomic mass is 16.5. The average Bonchev–Trinajstić information content (AvgIpc) is 2.98. The number of carboxylic acid groups (broad SMARTS) is 1. The predicted molar refractivity (Wildman–Crippen MR) is 88.0 cm³/mol. The minimum Gasteiger partial charge on any atom is -0.484 e. The molecule has 0 radical (unpaired) electrons. The van der Waals surface area contributed by atoms with Crippen LogP contribution in [-0.2, 0) is 14.4 Å². The lowest BCUT2D eigenvalue weighted by Crippen LogP contribution is -2.39. The van der Waals surface area contributed by atoms with E-state index in [4.69, 9.17) is 9.84 Å². The molecule has 0 bridgehead atoms. The number of rotatable bonds is 8. The first kappa shape index (κ1) is 17.8. The van der Waals surface area contributed by atoms with Crippen LogP contribution in [0.5, 0.6) is 5.75 Å². The van der Waals surface area contributed by atoms with Gasteiger partial charge < -0.3 is 19.6 Å². The first-order valence-electron chi connectivity index (χ1n) is 8.04. The van der Waals surface area contributed by atoms with Crippen molar-refractivity contribution in [3.8, 4) is 5.75 Å². The smallest absolute Gasteiger partial charge is 0.323 e. The minimum atomic E-state index is -1.05. The summed E-state index contributed by atoms with van der Waals surface area (Å²) < 4.78 is 5.49. The van der Waals surface area contributed by atoms with E-state index in [0.717, 1.165) is 12.1 Å². The van der Waals surface area contributed by atoms with Gasteiger partial charge in [-0.3, -0.25) is 14.4 Å².